The fourth-order valence-electron chi connectivity index (χ4n) is 1.39. The molecule has 3 nitrogen and oxygen atoms in total. The minimum Gasteiger partial charge on any atom is -0.494 e. The van der Waals surface area contributed by atoms with E-state index in [0.29, 0.717) is 21.8 Å². The molecule has 1 aromatic carbocycles. The van der Waals surface area contributed by atoms with Gasteiger partial charge in [0, 0.05) is 12.5 Å². The predicted molar refractivity (Wildman–Crippen MR) is 60.9 cm³/mol. The minimum absolute atomic E-state index is 0.208. The second kappa shape index (κ2) is 4.25. The lowest BCUT2D eigenvalue weighted by atomic mass is 10.1. The van der Waals surface area contributed by atoms with Gasteiger partial charge >= 0.3 is 0 Å². The maximum atomic E-state index is 13.5. The van der Waals surface area contributed by atoms with E-state index in [1.165, 1.54) is 13.2 Å². The summed E-state index contributed by atoms with van der Waals surface area (Å²) in [6.07, 6.45) is 0. The summed E-state index contributed by atoms with van der Waals surface area (Å²) in [5.41, 5.74) is 1.22. The summed E-state index contributed by atoms with van der Waals surface area (Å²) in [6, 6.07) is 4.64. The Morgan fingerprint density at radius 1 is 1.44 bits per heavy atom. The molecule has 2 aromatic rings. The SMILES string of the molecule is COc1ccc(-c2nc(C)oc2Br)cc1F. The molecule has 1 heterocycles. The molecule has 5 heteroatoms. The number of hydrogen-bond donors (Lipinski definition) is 0. The third-order valence-electron chi connectivity index (χ3n) is 2.12. The number of aromatic nitrogens is 1. The molecule has 0 saturated carbocycles. The molecule has 0 bridgehead atoms. The van der Waals surface area contributed by atoms with Crippen LogP contribution in [0, 0.1) is 12.7 Å². The van der Waals surface area contributed by atoms with Gasteiger partial charge in [-0.1, -0.05) is 0 Å². The number of aryl methyl sites for hydroxylation is 1. The number of benzene rings is 1. The standard InChI is InChI=1S/C11H9BrFNO2/c1-6-14-10(11(12)16-6)7-3-4-9(15-2)8(13)5-7/h3-5H,1-2H3. The molecule has 1 aromatic heterocycles. The van der Waals surface area contributed by atoms with Crippen molar-refractivity contribution in [2.45, 2.75) is 6.92 Å². The Morgan fingerprint density at radius 3 is 2.69 bits per heavy atom. The van der Waals surface area contributed by atoms with Crippen molar-refractivity contribution in [3.63, 3.8) is 0 Å². The van der Waals surface area contributed by atoms with E-state index in [2.05, 4.69) is 20.9 Å². The third-order valence-corrected chi connectivity index (χ3v) is 2.66. The molecule has 2 rings (SSSR count). The number of rotatable bonds is 2. The quantitative estimate of drug-likeness (QED) is 0.846. The summed E-state index contributed by atoms with van der Waals surface area (Å²) in [5, 5.41) is 0. The lowest BCUT2D eigenvalue weighted by Gasteiger charge is -2.02. The van der Waals surface area contributed by atoms with Crippen molar-refractivity contribution in [1.82, 2.24) is 4.98 Å². The van der Waals surface area contributed by atoms with Crippen LogP contribution in [0.3, 0.4) is 0 Å². The molecule has 0 atom stereocenters. The Balaban J connectivity index is 2.49. The van der Waals surface area contributed by atoms with Gasteiger partial charge in [0.15, 0.2) is 22.1 Å². The molecular formula is C11H9BrFNO2. The topological polar surface area (TPSA) is 35.3 Å². The Morgan fingerprint density at radius 2 is 2.19 bits per heavy atom. The molecule has 84 valence electrons. The van der Waals surface area contributed by atoms with E-state index >= 15 is 0 Å². The van der Waals surface area contributed by atoms with Crippen LogP contribution in [0.25, 0.3) is 11.3 Å². The Bertz CT molecular complexity index is 525. The second-order valence-corrected chi connectivity index (χ2v) is 3.92. The molecule has 0 aliphatic carbocycles. The smallest absolute Gasteiger partial charge is 0.197 e. The Labute approximate surface area is 100 Å². The average Bonchev–Trinajstić information content (AvgIpc) is 2.58. The highest BCUT2D eigenvalue weighted by Gasteiger charge is 2.12. The van der Waals surface area contributed by atoms with Gasteiger partial charge in [-0.2, -0.15) is 0 Å². The summed E-state index contributed by atoms with van der Waals surface area (Å²) in [5.74, 6) is 0.311. The number of ether oxygens (including phenoxy) is 1. The predicted octanol–water partition coefficient (Wildman–Crippen LogP) is 3.56. The van der Waals surface area contributed by atoms with Crippen LogP contribution in [0.5, 0.6) is 5.75 Å². The number of methoxy groups -OCH3 is 1. The van der Waals surface area contributed by atoms with Gasteiger partial charge in [-0.05, 0) is 34.1 Å². The van der Waals surface area contributed by atoms with E-state index in [1.807, 2.05) is 0 Å². The normalized spacial score (nSPS) is 10.5. The zero-order valence-corrected chi connectivity index (χ0v) is 10.3. The molecule has 0 amide bonds. The summed E-state index contributed by atoms with van der Waals surface area (Å²) in [6.45, 7) is 1.73. The molecule has 0 radical (unpaired) electrons. The third kappa shape index (κ3) is 1.95. The van der Waals surface area contributed by atoms with E-state index in [-0.39, 0.29) is 5.75 Å². The number of halogens is 2. The van der Waals surface area contributed by atoms with Gasteiger partial charge in [-0.3, -0.25) is 0 Å². The summed E-state index contributed by atoms with van der Waals surface area (Å²) in [7, 11) is 1.42. The van der Waals surface area contributed by atoms with Crippen molar-refractivity contribution in [2.75, 3.05) is 7.11 Å². The first-order valence-corrected chi connectivity index (χ1v) is 5.38. The van der Waals surface area contributed by atoms with Crippen LogP contribution in [0.15, 0.2) is 27.3 Å². The monoisotopic (exact) mass is 285 g/mol. The highest BCUT2D eigenvalue weighted by molar-refractivity contribution is 9.10. The Hall–Kier alpha value is -1.36. The molecule has 0 spiro atoms. The molecule has 0 aliphatic rings. The fourth-order valence-corrected chi connectivity index (χ4v) is 1.95. The van der Waals surface area contributed by atoms with Crippen LogP contribution in [0.2, 0.25) is 0 Å². The van der Waals surface area contributed by atoms with Crippen molar-refractivity contribution in [3.05, 3.63) is 34.6 Å². The zero-order chi connectivity index (χ0) is 11.7. The number of oxazole rings is 1. The maximum absolute atomic E-state index is 13.5. The van der Waals surface area contributed by atoms with Gasteiger partial charge in [-0.25, -0.2) is 9.37 Å². The van der Waals surface area contributed by atoms with Gasteiger partial charge in [0.05, 0.1) is 7.11 Å². The first kappa shape index (κ1) is 11.1. The molecule has 0 saturated heterocycles. The minimum atomic E-state index is -0.424. The van der Waals surface area contributed by atoms with Crippen molar-refractivity contribution >= 4 is 15.9 Å². The summed E-state index contributed by atoms with van der Waals surface area (Å²) in [4.78, 5) is 4.16. The molecule has 0 aliphatic heterocycles. The van der Waals surface area contributed by atoms with Crippen molar-refractivity contribution in [2.24, 2.45) is 0 Å². The molecule has 16 heavy (non-hydrogen) atoms. The molecule has 0 fully saturated rings. The fraction of sp³-hybridized carbons (Fsp3) is 0.182. The molecule has 0 unspecified atom stereocenters. The first-order valence-electron chi connectivity index (χ1n) is 4.58. The van der Waals surface area contributed by atoms with E-state index < -0.39 is 5.82 Å². The van der Waals surface area contributed by atoms with E-state index in [0.717, 1.165) is 0 Å². The zero-order valence-electron chi connectivity index (χ0n) is 8.75. The maximum Gasteiger partial charge on any atom is 0.197 e. The highest BCUT2D eigenvalue weighted by Crippen LogP contribution is 2.30. The van der Waals surface area contributed by atoms with Gasteiger partial charge in [0.1, 0.15) is 5.69 Å². The van der Waals surface area contributed by atoms with Crippen LogP contribution in [0.1, 0.15) is 5.89 Å². The molecular weight excluding hydrogens is 277 g/mol. The summed E-state index contributed by atoms with van der Waals surface area (Å²) >= 11 is 3.23. The van der Waals surface area contributed by atoms with Crippen molar-refractivity contribution in [1.29, 1.82) is 0 Å². The highest BCUT2D eigenvalue weighted by atomic mass is 79.9. The first-order chi connectivity index (χ1) is 7.61. The van der Waals surface area contributed by atoms with Crippen LogP contribution in [0.4, 0.5) is 4.39 Å². The van der Waals surface area contributed by atoms with Crippen molar-refractivity contribution < 1.29 is 13.5 Å². The number of hydrogen-bond acceptors (Lipinski definition) is 3. The van der Waals surface area contributed by atoms with Crippen LogP contribution in [-0.2, 0) is 0 Å². The van der Waals surface area contributed by atoms with Gasteiger partial charge in [-0.15, -0.1) is 0 Å². The van der Waals surface area contributed by atoms with E-state index in [4.69, 9.17) is 9.15 Å². The van der Waals surface area contributed by atoms with E-state index in [1.54, 1.807) is 19.1 Å². The summed E-state index contributed by atoms with van der Waals surface area (Å²) < 4.78 is 24.0. The lowest BCUT2D eigenvalue weighted by molar-refractivity contribution is 0.386. The van der Waals surface area contributed by atoms with Crippen LogP contribution < -0.4 is 4.74 Å². The van der Waals surface area contributed by atoms with Crippen molar-refractivity contribution in [3.8, 4) is 17.0 Å². The van der Waals surface area contributed by atoms with Gasteiger partial charge in [0.25, 0.3) is 0 Å². The van der Waals surface area contributed by atoms with E-state index in [9.17, 15) is 4.39 Å². The second-order valence-electron chi connectivity index (χ2n) is 3.20. The lowest BCUT2D eigenvalue weighted by Crippen LogP contribution is -1.89. The van der Waals surface area contributed by atoms with Crippen LogP contribution >= 0.6 is 15.9 Å². The molecule has 0 N–H and O–H groups in total. The number of nitrogens with zero attached hydrogens (tertiary/aromatic N) is 1. The van der Waals surface area contributed by atoms with Crippen LogP contribution in [-0.4, -0.2) is 12.1 Å². The Kier molecular flexibility index (Phi) is 2.96. The van der Waals surface area contributed by atoms with Gasteiger partial charge in [0.2, 0.25) is 0 Å². The largest absolute Gasteiger partial charge is 0.494 e. The van der Waals surface area contributed by atoms with Gasteiger partial charge < -0.3 is 9.15 Å². The average molecular weight is 286 g/mol.